The van der Waals surface area contributed by atoms with Gasteiger partial charge in [-0.3, -0.25) is 4.79 Å². The van der Waals surface area contributed by atoms with Crippen molar-refractivity contribution < 1.29 is 9.52 Å². The maximum Gasteiger partial charge on any atom is 0.203 e. The lowest BCUT2D eigenvalue weighted by atomic mass is 9.89. The highest BCUT2D eigenvalue weighted by Gasteiger charge is 2.25. The quantitative estimate of drug-likeness (QED) is 0.349. The lowest BCUT2D eigenvalue weighted by Crippen LogP contribution is -2.08. The topological polar surface area (TPSA) is 50.4 Å². The lowest BCUT2D eigenvalue weighted by molar-refractivity contribution is 0.470. The monoisotopic (exact) mass is 412 g/mol. The first-order chi connectivity index (χ1) is 13.2. The van der Waals surface area contributed by atoms with E-state index in [1.54, 1.807) is 19.9 Å². The molecule has 0 saturated carbocycles. The lowest BCUT2D eigenvalue weighted by Gasteiger charge is -2.20. The molecule has 142 valence electrons. The fraction of sp³-hybridized carbons (Fsp3) is 0.174. The van der Waals surface area contributed by atoms with Crippen LogP contribution in [0.4, 0.5) is 0 Å². The van der Waals surface area contributed by atoms with Gasteiger partial charge in [0.05, 0.1) is 0 Å². The summed E-state index contributed by atoms with van der Waals surface area (Å²) >= 11 is 12.8. The summed E-state index contributed by atoms with van der Waals surface area (Å²) < 4.78 is 5.99. The van der Waals surface area contributed by atoms with Crippen LogP contribution in [0.15, 0.2) is 39.5 Å². The van der Waals surface area contributed by atoms with E-state index < -0.39 is 0 Å². The third-order valence-electron chi connectivity index (χ3n) is 5.15. The molecule has 0 radical (unpaired) electrons. The molecule has 1 N–H and O–H groups in total. The third kappa shape index (κ3) is 2.69. The van der Waals surface area contributed by atoms with E-state index in [1.165, 1.54) is 0 Å². The standard InChI is InChI=1S/C23H18Cl2O3/c1-10-5-6-11(2)14(7-10)17-15-8-12(3)20(26)18(24)22(15)28-23-16(17)9-13(4)21(27)19(23)25/h5-9,26H,1-4H3. The highest BCUT2D eigenvalue weighted by molar-refractivity contribution is 6.37. The van der Waals surface area contributed by atoms with Crippen molar-refractivity contribution in [3.05, 3.63) is 72.9 Å². The number of halogens is 2. The minimum absolute atomic E-state index is 0.0135. The van der Waals surface area contributed by atoms with Crippen LogP contribution in [0.2, 0.25) is 10.0 Å². The molecule has 0 saturated heterocycles. The van der Waals surface area contributed by atoms with Gasteiger partial charge in [-0.2, -0.15) is 0 Å². The van der Waals surface area contributed by atoms with Gasteiger partial charge in [0.25, 0.3) is 0 Å². The van der Waals surface area contributed by atoms with Crippen LogP contribution in [0, 0.1) is 27.7 Å². The molecule has 4 rings (SSSR count). The molecule has 0 atom stereocenters. The predicted octanol–water partition coefficient (Wildman–Crippen LogP) is 6.81. The van der Waals surface area contributed by atoms with Crippen molar-refractivity contribution >= 4 is 34.2 Å². The fourth-order valence-corrected chi connectivity index (χ4v) is 4.18. The summed E-state index contributed by atoms with van der Waals surface area (Å²) in [7, 11) is 0. The van der Waals surface area contributed by atoms with Crippen LogP contribution in [-0.4, -0.2) is 5.11 Å². The van der Waals surface area contributed by atoms with Crippen LogP contribution in [0.1, 0.15) is 22.3 Å². The number of aryl methyl sites for hydroxylation is 4. The number of phenolic OH excluding ortho intramolecular Hbond substituents is 1. The fourth-order valence-electron chi connectivity index (χ4n) is 3.60. The molecule has 0 amide bonds. The molecule has 1 aliphatic heterocycles. The van der Waals surface area contributed by atoms with Gasteiger partial charge in [0.2, 0.25) is 5.43 Å². The van der Waals surface area contributed by atoms with E-state index in [4.69, 9.17) is 27.6 Å². The van der Waals surface area contributed by atoms with Crippen LogP contribution < -0.4 is 5.43 Å². The number of rotatable bonds is 1. The second-order valence-electron chi connectivity index (χ2n) is 7.24. The molecule has 0 unspecified atom stereocenters. The Hall–Kier alpha value is -2.49. The Morgan fingerprint density at radius 3 is 2.29 bits per heavy atom. The van der Waals surface area contributed by atoms with E-state index in [0.29, 0.717) is 16.7 Å². The summed E-state index contributed by atoms with van der Waals surface area (Å²) in [5.74, 6) is 0.223. The zero-order valence-corrected chi connectivity index (χ0v) is 17.4. The number of phenols is 1. The Balaban J connectivity index is 2.34. The molecule has 3 nitrogen and oxygen atoms in total. The second-order valence-corrected chi connectivity index (χ2v) is 8.00. The van der Waals surface area contributed by atoms with Gasteiger partial charge in [0.1, 0.15) is 15.8 Å². The zero-order valence-electron chi connectivity index (χ0n) is 15.9. The number of hydrogen-bond acceptors (Lipinski definition) is 3. The Bertz CT molecular complexity index is 1300. The van der Waals surface area contributed by atoms with Crippen LogP contribution in [0.5, 0.6) is 5.75 Å². The maximum atomic E-state index is 12.4. The van der Waals surface area contributed by atoms with Gasteiger partial charge in [0, 0.05) is 16.5 Å². The largest absolute Gasteiger partial charge is 0.506 e. The summed E-state index contributed by atoms with van der Waals surface area (Å²) in [4.78, 5) is 12.4. The average molecular weight is 413 g/mol. The molecule has 1 aliphatic carbocycles. The van der Waals surface area contributed by atoms with Crippen LogP contribution >= 0.6 is 23.2 Å². The maximum absolute atomic E-state index is 12.4. The summed E-state index contributed by atoms with van der Waals surface area (Å²) in [6.07, 6.45) is 0. The van der Waals surface area contributed by atoms with Crippen molar-refractivity contribution in [2.45, 2.75) is 27.7 Å². The molecule has 0 aromatic heterocycles. The second kappa shape index (κ2) is 6.54. The van der Waals surface area contributed by atoms with Crippen molar-refractivity contribution in [3.8, 4) is 28.2 Å². The van der Waals surface area contributed by atoms with Crippen molar-refractivity contribution in [2.75, 3.05) is 0 Å². The average Bonchev–Trinajstić information content (AvgIpc) is 2.66. The summed E-state index contributed by atoms with van der Waals surface area (Å²) in [6.45, 7) is 7.58. The van der Waals surface area contributed by atoms with E-state index >= 15 is 0 Å². The highest BCUT2D eigenvalue weighted by Crippen LogP contribution is 2.47. The van der Waals surface area contributed by atoms with Crippen molar-refractivity contribution in [1.82, 2.24) is 0 Å². The first-order valence-corrected chi connectivity index (χ1v) is 9.61. The molecule has 0 spiro atoms. The first kappa shape index (κ1) is 18.9. The first-order valence-electron chi connectivity index (χ1n) is 8.86. The normalized spacial score (nSPS) is 11.5. The van der Waals surface area contributed by atoms with E-state index in [-0.39, 0.29) is 27.0 Å². The minimum Gasteiger partial charge on any atom is -0.506 e. The minimum atomic E-state index is -0.281. The molecule has 1 heterocycles. The number of hydrogen-bond donors (Lipinski definition) is 1. The van der Waals surface area contributed by atoms with Gasteiger partial charge in [-0.05, 0) is 62.1 Å². The van der Waals surface area contributed by atoms with Crippen molar-refractivity contribution in [1.29, 1.82) is 0 Å². The van der Waals surface area contributed by atoms with E-state index in [9.17, 15) is 9.90 Å². The Morgan fingerprint density at radius 2 is 1.57 bits per heavy atom. The molecular weight excluding hydrogens is 395 g/mol. The zero-order chi connectivity index (χ0) is 20.3. The SMILES string of the molecule is Cc1ccc(C)c(-c2c3cc(C)c(=O)c(Cl)c-3oc3c(Cl)c(O)c(C)cc23)c1. The molecular formula is C23H18Cl2O3. The van der Waals surface area contributed by atoms with Gasteiger partial charge in [0.15, 0.2) is 11.3 Å². The van der Waals surface area contributed by atoms with Gasteiger partial charge in [-0.1, -0.05) is 47.0 Å². The Morgan fingerprint density at radius 1 is 0.857 bits per heavy atom. The third-order valence-corrected chi connectivity index (χ3v) is 5.85. The van der Waals surface area contributed by atoms with E-state index in [0.717, 1.165) is 33.2 Å². The highest BCUT2D eigenvalue weighted by atomic mass is 35.5. The van der Waals surface area contributed by atoms with Gasteiger partial charge in [-0.15, -0.1) is 0 Å². The molecule has 28 heavy (non-hydrogen) atoms. The van der Waals surface area contributed by atoms with Gasteiger partial charge < -0.3 is 9.52 Å². The van der Waals surface area contributed by atoms with E-state index in [1.807, 2.05) is 19.9 Å². The van der Waals surface area contributed by atoms with Crippen molar-refractivity contribution in [3.63, 3.8) is 0 Å². The van der Waals surface area contributed by atoms with Crippen molar-refractivity contribution in [2.24, 2.45) is 0 Å². The molecule has 0 bridgehead atoms. The summed E-state index contributed by atoms with van der Waals surface area (Å²) in [6, 6.07) is 9.85. The summed E-state index contributed by atoms with van der Waals surface area (Å²) in [5.41, 5.74) is 6.00. The van der Waals surface area contributed by atoms with E-state index in [2.05, 4.69) is 18.2 Å². The number of fused-ring (bicyclic) bond motifs is 2. The van der Waals surface area contributed by atoms with Crippen LogP contribution in [-0.2, 0) is 0 Å². The Labute approximate surface area is 172 Å². The summed E-state index contributed by atoms with van der Waals surface area (Å²) in [5, 5.41) is 11.2. The molecule has 5 heteroatoms. The van der Waals surface area contributed by atoms with Gasteiger partial charge in [-0.25, -0.2) is 0 Å². The van der Waals surface area contributed by atoms with Gasteiger partial charge >= 0.3 is 0 Å². The van der Waals surface area contributed by atoms with Crippen LogP contribution in [0.3, 0.4) is 0 Å². The molecule has 2 aromatic carbocycles. The van der Waals surface area contributed by atoms with Crippen LogP contribution in [0.25, 0.3) is 33.4 Å². The predicted molar refractivity (Wildman–Crippen MR) is 115 cm³/mol. The molecule has 2 aliphatic rings. The smallest absolute Gasteiger partial charge is 0.203 e. The molecule has 0 fully saturated rings. The Kier molecular flexibility index (Phi) is 4.40. The number of benzene rings is 3. The number of aromatic hydroxyl groups is 1. The molecule has 2 aromatic rings.